The van der Waals surface area contributed by atoms with Gasteiger partial charge in [0.2, 0.25) is 0 Å². The van der Waals surface area contributed by atoms with Crippen LogP contribution in [0.5, 0.6) is 0 Å². The van der Waals surface area contributed by atoms with Crippen molar-refractivity contribution < 1.29 is 4.92 Å². The van der Waals surface area contributed by atoms with E-state index >= 15 is 0 Å². The highest BCUT2D eigenvalue weighted by Gasteiger charge is 2.20. The number of thiophene rings is 1. The van der Waals surface area contributed by atoms with Crippen LogP contribution in [0.1, 0.15) is 18.9 Å². The number of nitrogens with one attached hydrogen (secondary N) is 1. The summed E-state index contributed by atoms with van der Waals surface area (Å²) in [5, 5.41) is 16.0. The van der Waals surface area contributed by atoms with E-state index in [1.54, 1.807) is 6.07 Å². The molecule has 0 bridgehead atoms. The van der Waals surface area contributed by atoms with Crippen LogP contribution in [-0.2, 0) is 6.54 Å². The normalized spacial score (nSPS) is 20.4. The van der Waals surface area contributed by atoms with Gasteiger partial charge >= 0.3 is 5.00 Å². The van der Waals surface area contributed by atoms with Crippen molar-refractivity contribution in [3.8, 4) is 0 Å². The molecule has 5 nitrogen and oxygen atoms in total. The molecule has 0 radical (unpaired) electrons. The maximum atomic E-state index is 10.6. The number of rotatable bonds is 6. The van der Waals surface area contributed by atoms with Crippen LogP contribution >= 0.6 is 11.3 Å². The largest absolute Gasteiger partial charge is 0.324 e. The Morgan fingerprint density at radius 1 is 1.67 bits per heavy atom. The lowest BCUT2D eigenvalue weighted by Gasteiger charge is -2.13. The van der Waals surface area contributed by atoms with Gasteiger partial charge in [0.15, 0.2) is 0 Å². The molecule has 1 atom stereocenters. The summed E-state index contributed by atoms with van der Waals surface area (Å²) in [4.78, 5) is 12.7. The van der Waals surface area contributed by atoms with Crippen molar-refractivity contribution in [2.24, 2.45) is 5.92 Å². The third-order valence-corrected chi connectivity index (χ3v) is 4.33. The van der Waals surface area contributed by atoms with Crippen LogP contribution in [-0.4, -0.2) is 36.0 Å². The molecular formula is C12H19N3O2S. The highest BCUT2D eigenvalue weighted by atomic mass is 32.1. The lowest BCUT2D eigenvalue weighted by atomic mass is 10.1. The van der Waals surface area contributed by atoms with Crippen molar-refractivity contribution in [3.05, 3.63) is 27.1 Å². The van der Waals surface area contributed by atoms with Gasteiger partial charge in [-0.1, -0.05) is 18.3 Å². The predicted octanol–water partition coefficient (Wildman–Crippen LogP) is 2.09. The van der Waals surface area contributed by atoms with Crippen LogP contribution in [0.4, 0.5) is 5.00 Å². The van der Waals surface area contributed by atoms with Gasteiger partial charge in [-0.05, 0) is 37.5 Å². The van der Waals surface area contributed by atoms with Gasteiger partial charge in [0.05, 0.1) is 4.92 Å². The summed E-state index contributed by atoms with van der Waals surface area (Å²) in [6.45, 7) is 7.43. The highest BCUT2D eigenvalue weighted by molar-refractivity contribution is 7.13. The molecule has 1 aromatic heterocycles. The van der Waals surface area contributed by atoms with Gasteiger partial charge in [-0.25, -0.2) is 0 Å². The fraction of sp³-hybridized carbons (Fsp3) is 0.667. The maximum absolute atomic E-state index is 10.6. The molecule has 1 aromatic rings. The topological polar surface area (TPSA) is 58.4 Å². The number of likely N-dealkylation sites (tertiary alicyclic amines) is 1. The highest BCUT2D eigenvalue weighted by Crippen LogP contribution is 2.22. The zero-order valence-electron chi connectivity index (χ0n) is 10.6. The molecule has 2 rings (SSSR count). The third-order valence-electron chi connectivity index (χ3n) is 3.40. The molecule has 0 aromatic carbocycles. The molecule has 1 aliphatic heterocycles. The molecule has 1 unspecified atom stereocenters. The van der Waals surface area contributed by atoms with E-state index in [0.29, 0.717) is 0 Å². The standard InChI is InChI=1S/C12H19N3O2S/c1-2-14-4-3-10(8-14)6-13-7-11-5-12(15(16)17)18-9-11/h5,9-10,13H,2-4,6-8H2,1H3. The molecule has 2 heterocycles. The smallest absolute Gasteiger partial charge is 0.312 e. The molecule has 1 saturated heterocycles. The van der Waals surface area contributed by atoms with E-state index in [0.717, 1.165) is 31.1 Å². The second-order valence-electron chi connectivity index (χ2n) is 4.73. The summed E-state index contributed by atoms with van der Waals surface area (Å²) in [5.41, 5.74) is 1.01. The van der Waals surface area contributed by atoms with E-state index in [1.165, 1.54) is 30.8 Å². The van der Waals surface area contributed by atoms with Crippen molar-refractivity contribution in [1.82, 2.24) is 10.2 Å². The van der Waals surface area contributed by atoms with E-state index in [2.05, 4.69) is 17.1 Å². The van der Waals surface area contributed by atoms with Crippen LogP contribution in [0.3, 0.4) is 0 Å². The first kappa shape index (κ1) is 13.5. The average molecular weight is 269 g/mol. The Balaban J connectivity index is 1.70. The molecule has 0 saturated carbocycles. The number of nitro groups is 1. The second kappa shape index (κ2) is 6.26. The summed E-state index contributed by atoms with van der Waals surface area (Å²) in [6.07, 6.45) is 1.25. The first-order chi connectivity index (χ1) is 8.69. The Bertz CT molecular complexity index is 408. The summed E-state index contributed by atoms with van der Waals surface area (Å²) < 4.78 is 0. The van der Waals surface area contributed by atoms with Crippen molar-refractivity contribution >= 4 is 16.3 Å². The van der Waals surface area contributed by atoms with Crippen LogP contribution in [0.25, 0.3) is 0 Å². The third kappa shape index (κ3) is 3.51. The van der Waals surface area contributed by atoms with Crippen molar-refractivity contribution in [1.29, 1.82) is 0 Å². The van der Waals surface area contributed by atoms with Gasteiger partial charge in [-0.3, -0.25) is 10.1 Å². The molecule has 100 valence electrons. The van der Waals surface area contributed by atoms with Crippen LogP contribution in [0, 0.1) is 16.0 Å². The summed E-state index contributed by atoms with van der Waals surface area (Å²) in [6, 6.07) is 1.66. The lowest BCUT2D eigenvalue weighted by Crippen LogP contribution is -2.26. The SMILES string of the molecule is CCN1CCC(CNCc2csc([N+](=O)[O-])c2)C1. The van der Waals surface area contributed by atoms with E-state index < -0.39 is 0 Å². The Labute approximate surface area is 111 Å². The Kier molecular flexibility index (Phi) is 4.68. The first-order valence-electron chi connectivity index (χ1n) is 6.34. The molecule has 0 amide bonds. The minimum absolute atomic E-state index is 0.227. The number of nitrogens with zero attached hydrogens (tertiary/aromatic N) is 2. The van der Waals surface area contributed by atoms with Crippen molar-refractivity contribution in [3.63, 3.8) is 0 Å². The Hall–Kier alpha value is -0.980. The lowest BCUT2D eigenvalue weighted by molar-refractivity contribution is -0.380. The van der Waals surface area contributed by atoms with Gasteiger partial charge in [0, 0.05) is 24.5 Å². The van der Waals surface area contributed by atoms with Crippen molar-refractivity contribution in [2.75, 3.05) is 26.2 Å². The van der Waals surface area contributed by atoms with Gasteiger partial charge in [-0.2, -0.15) is 0 Å². The minimum Gasteiger partial charge on any atom is -0.312 e. The van der Waals surface area contributed by atoms with Gasteiger partial charge in [0.25, 0.3) is 0 Å². The van der Waals surface area contributed by atoms with Crippen molar-refractivity contribution in [2.45, 2.75) is 19.9 Å². The Morgan fingerprint density at radius 2 is 2.50 bits per heavy atom. The molecule has 0 spiro atoms. The van der Waals surface area contributed by atoms with E-state index in [-0.39, 0.29) is 9.92 Å². The summed E-state index contributed by atoms with van der Waals surface area (Å²) in [5.74, 6) is 0.721. The fourth-order valence-electron chi connectivity index (χ4n) is 2.34. The number of hydrogen-bond donors (Lipinski definition) is 1. The summed E-state index contributed by atoms with van der Waals surface area (Å²) >= 11 is 1.20. The molecule has 18 heavy (non-hydrogen) atoms. The predicted molar refractivity (Wildman–Crippen MR) is 72.9 cm³/mol. The first-order valence-corrected chi connectivity index (χ1v) is 7.22. The average Bonchev–Trinajstić information content (AvgIpc) is 2.97. The second-order valence-corrected chi connectivity index (χ2v) is 5.62. The Morgan fingerprint density at radius 3 is 3.11 bits per heavy atom. The van der Waals surface area contributed by atoms with Crippen LogP contribution in [0.2, 0.25) is 0 Å². The number of hydrogen-bond acceptors (Lipinski definition) is 5. The van der Waals surface area contributed by atoms with Gasteiger partial charge in [0.1, 0.15) is 0 Å². The fourth-order valence-corrected chi connectivity index (χ4v) is 3.07. The quantitative estimate of drug-likeness (QED) is 0.634. The molecule has 6 heteroatoms. The molecule has 0 aliphatic carbocycles. The monoisotopic (exact) mass is 269 g/mol. The van der Waals surface area contributed by atoms with Gasteiger partial charge < -0.3 is 10.2 Å². The molecule has 1 fully saturated rings. The molecular weight excluding hydrogens is 250 g/mol. The van der Waals surface area contributed by atoms with E-state index in [1.807, 2.05) is 5.38 Å². The minimum atomic E-state index is -0.329. The van der Waals surface area contributed by atoms with Gasteiger partial charge in [-0.15, -0.1) is 0 Å². The summed E-state index contributed by atoms with van der Waals surface area (Å²) in [7, 11) is 0. The van der Waals surface area contributed by atoms with E-state index in [9.17, 15) is 10.1 Å². The zero-order valence-corrected chi connectivity index (χ0v) is 11.4. The molecule has 1 aliphatic rings. The van der Waals surface area contributed by atoms with E-state index in [4.69, 9.17) is 0 Å². The molecule has 1 N–H and O–H groups in total. The zero-order chi connectivity index (χ0) is 13.0. The van der Waals surface area contributed by atoms with Crippen LogP contribution in [0.15, 0.2) is 11.4 Å². The maximum Gasteiger partial charge on any atom is 0.324 e. The van der Waals surface area contributed by atoms with Crippen LogP contribution < -0.4 is 5.32 Å².